The van der Waals surface area contributed by atoms with E-state index in [0.717, 1.165) is 12.1 Å². The van der Waals surface area contributed by atoms with Gasteiger partial charge in [-0.15, -0.1) is 0 Å². The number of benzene rings is 2. The van der Waals surface area contributed by atoms with Crippen molar-refractivity contribution in [3.8, 4) is 0 Å². The van der Waals surface area contributed by atoms with E-state index in [2.05, 4.69) is 0 Å². The number of halogens is 4. The first-order valence-corrected chi connectivity index (χ1v) is 8.46. The molecule has 4 nitrogen and oxygen atoms in total. The third-order valence-corrected chi connectivity index (χ3v) is 4.41. The Labute approximate surface area is 149 Å². The van der Waals surface area contributed by atoms with Crippen LogP contribution in [0, 0.1) is 0 Å². The van der Waals surface area contributed by atoms with Crippen LogP contribution in [0.5, 0.6) is 0 Å². The molecule has 0 aliphatic rings. The molecule has 0 fully saturated rings. The van der Waals surface area contributed by atoms with Crippen LogP contribution in [0.3, 0.4) is 0 Å². The molecule has 2 aromatic carbocycles. The van der Waals surface area contributed by atoms with Crippen LogP contribution in [0.15, 0.2) is 42.5 Å². The molecular weight excluding hydrogens is 379 g/mol. The number of anilines is 2. The molecule has 0 N–H and O–H groups in total. The number of hydrogen-bond donors (Lipinski definition) is 0. The molecule has 0 spiro atoms. The van der Waals surface area contributed by atoms with E-state index in [0.29, 0.717) is 4.31 Å². The Kier molecular flexibility index (Phi) is 5.87. The highest BCUT2D eigenvalue weighted by atomic mass is 35.5. The van der Waals surface area contributed by atoms with E-state index in [1.807, 2.05) is 0 Å². The third-order valence-electron chi connectivity index (χ3n) is 3.49. The van der Waals surface area contributed by atoms with Gasteiger partial charge in [0.15, 0.2) is 0 Å². The van der Waals surface area contributed by atoms with Gasteiger partial charge in [-0.3, -0.25) is 13.3 Å². The lowest BCUT2D eigenvalue weighted by Crippen LogP contribution is -2.22. The van der Waals surface area contributed by atoms with Gasteiger partial charge in [-0.05, 0) is 53.9 Å². The van der Waals surface area contributed by atoms with E-state index >= 15 is 0 Å². The monoisotopic (exact) mass is 390 g/mol. The zero-order valence-electron chi connectivity index (χ0n) is 12.8. The molecule has 0 saturated heterocycles. The van der Waals surface area contributed by atoms with E-state index in [1.54, 1.807) is 0 Å². The predicted molar refractivity (Wildman–Crippen MR) is 88.5 cm³/mol. The molecular formula is C16H12ClF3NO3S-. The summed E-state index contributed by atoms with van der Waals surface area (Å²) in [4.78, 5) is 11.3. The molecule has 0 amide bonds. The second kappa shape index (κ2) is 7.55. The lowest BCUT2D eigenvalue weighted by atomic mass is 10.0. The fourth-order valence-corrected chi connectivity index (χ4v) is 3.20. The molecule has 0 aliphatic heterocycles. The number of carbonyl (C=O) groups excluding carboxylic acids is 1. The summed E-state index contributed by atoms with van der Waals surface area (Å²) in [7, 11) is 0. The van der Waals surface area contributed by atoms with Crippen molar-refractivity contribution in [3.63, 3.8) is 0 Å². The van der Waals surface area contributed by atoms with Gasteiger partial charge in [-0.2, -0.15) is 13.2 Å². The summed E-state index contributed by atoms with van der Waals surface area (Å²) >= 11 is 2.48. The standard InChI is InChI=1S/C16H13ClF3NO3S/c1-2-12-13(16(18,19)20)7-4-8-14(12)21(25(23)24)11-6-3-5-10(9-11)15(17)22/h3-9H,2H2,1H3,(H,23,24)/p-1. The lowest BCUT2D eigenvalue weighted by molar-refractivity contribution is -0.138. The van der Waals surface area contributed by atoms with E-state index in [-0.39, 0.29) is 28.9 Å². The highest BCUT2D eigenvalue weighted by molar-refractivity contribution is 7.81. The van der Waals surface area contributed by atoms with Crippen LogP contribution in [0.2, 0.25) is 0 Å². The van der Waals surface area contributed by atoms with E-state index in [4.69, 9.17) is 11.6 Å². The van der Waals surface area contributed by atoms with Crippen molar-refractivity contribution in [2.75, 3.05) is 4.31 Å². The van der Waals surface area contributed by atoms with Crippen LogP contribution < -0.4 is 4.31 Å². The number of nitrogens with zero attached hydrogens (tertiary/aromatic N) is 1. The largest absolute Gasteiger partial charge is 0.755 e. The first-order chi connectivity index (χ1) is 11.7. The fourth-order valence-electron chi connectivity index (χ4n) is 2.46. The molecule has 1 atom stereocenters. The van der Waals surface area contributed by atoms with Crippen LogP contribution in [-0.2, 0) is 23.9 Å². The normalized spacial score (nSPS) is 12.7. The molecule has 1 unspecified atom stereocenters. The first-order valence-electron chi connectivity index (χ1n) is 7.05. The topological polar surface area (TPSA) is 60.4 Å². The Morgan fingerprint density at radius 3 is 2.40 bits per heavy atom. The van der Waals surface area contributed by atoms with Gasteiger partial charge in [0.1, 0.15) is 0 Å². The zero-order valence-corrected chi connectivity index (χ0v) is 14.4. The lowest BCUT2D eigenvalue weighted by Gasteiger charge is -2.29. The summed E-state index contributed by atoms with van der Waals surface area (Å²) in [6, 6.07) is 8.63. The molecule has 25 heavy (non-hydrogen) atoms. The van der Waals surface area contributed by atoms with E-state index in [1.165, 1.54) is 37.3 Å². The van der Waals surface area contributed by atoms with Gasteiger partial charge < -0.3 is 4.55 Å². The maximum Gasteiger partial charge on any atom is 0.416 e. The minimum absolute atomic E-state index is 0.00820. The molecule has 0 saturated carbocycles. The van der Waals surface area contributed by atoms with Crippen molar-refractivity contribution < 1.29 is 26.7 Å². The minimum Gasteiger partial charge on any atom is -0.755 e. The molecule has 0 radical (unpaired) electrons. The van der Waals surface area contributed by atoms with Gasteiger partial charge in [-0.1, -0.05) is 19.1 Å². The Balaban J connectivity index is 2.69. The number of carbonyl (C=O) groups is 1. The average Bonchev–Trinajstić information content (AvgIpc) is 2.54. The summed E-state index contributed by atoms with van der Waals surface area (Å²) in [6.07, 6.45) is -4.65. The van der Waals surface area contributed by atoms with Crippen LogP contribution in [0.25, 0.3) is 0 Å². The molecule has 0 aromatic heterocycles. The Hall–Kier alpha value is -1.90. The van der Waals surface area contributed by atoms with Gasteiger partial charge in [0.05, 0.1) is 28.2 Å². The van der Waals surface area contributed by atoms with Gasteiger partial charge in [0.25, 0.3) is 5.24 Å². The van der Waals surface area contributed by atoms with Crippen molar-refractivity contribution in [3.05, 3.63) is 59.2 Å². The van der Waals surface area contributed by atoms with Crippen LogP contribution in [0.4, 0.5) is 24.5 Å². The van der Waals surface area contributed by atoms with Crippen LogP contribution in [0.1, 0.15) is 28.4 Å². The summed E-state index contributed by atoms with van der Waals surface area (Å²) < 4.78 is 63.8. The molecule has 9 heteroatoms. The van der Waals surface area contributed by atoms with Crippen molar-refractivity contribution in [1.82, 2.24) is 0 Å². The van der Waals surface area contributed by atoms with Gasteiger partial charge in [0, 0.05) is 5.56 Å². The maximum absolute atomic E-state index is 13.2. The minimum atomic E-state index is -4.62. The maximum atomic E-state index is 13.2. The molecule has 0 aliphatic carbocycles. The molecule has 134 valence electrons. The predicted octanol–water partition coefficient (Wildman–Crippen LogP) is 4.58. The average molecular weight is 391 g/mol. The summed E-state index contributed by atoms with van der Waals surface area (Å²) in [5, 5.41) is -0.807. The second-order valence-electron chi connectivity index (χ2n) is 4.99. The van der Waals surface area contributed by atoms with Crippen LogP contribution >= 0.6 is 11.6 Å². The SMILES string of the molecule is CCc1c(N(c2cccc(C(=O)Cl)c2)S(=O)[O-])cccc1C(F)(F)F. The Morgan fingerprint density at radius 1 is 1.24 bits per heavy atom. The highest BCUT2D eigenvalue weighted by Crippen LogP contribution is 2.39. The van der Waals surface area contributed by atoms with Gasteiger partial charge >= 0.3 is 6.18 Å². The van der Waals surface area contributed by atoms with Crippen LogP contribution in [-0.4, -0.2) is 14.0 Å². The molecule has 2 rings (SSSR count). The number of rotatable bonds is 5. The molecule has 0 heterocycles. The smallest absolute Gasteiger partial charge is 0.416 e. The third kappa shape index (κ3) is 4.20. The van der Waals surface area contributed by atoms with Crippen molar-refractivity contribution >= 4 is 39.5 Å². The number of alkyl halides is 3. The van der Waals surface area contributed by atoms with Crippen molar-refractivity contribution in [1.29, 1.82) is 0 Å². The summed E-state index contributed by atoms with van der Waals surface area (Å²) in [6.45, 7) is 1.50. The fraction of sp³-hybridized carbons (Fsp3) is 0.188. The molecule has 2 aromatic rings. The zero-order chi connectivity index (χ0) is 18.8. The van der Waals surface area contributed by atoms with Gasteiger partial charge in [-0.25, -0.2) is 0 Å². The summed E-state index contributed by atoms with van der Waals surface area (Å²) in [5.41, 5.74) is -1.17. The summed E-state index contributed by atoms with van der Waals surface area (Å²) in [5.74, 6) is 0. The highest BCUT2D eigenvalue weighted by Gasteiger charge is 2.34. The van der Waals surface area contributed by atoms with Crippen molar-refractivity contribution in [2.24, 2.45) is 0 Å². The second-order valence-corrected chi connectivity index (χ2v) is 6.13. The van der Waals surface area contributed by atoms with Crippen molar-refractivity contribution in [2.45, 2.75) is 19.5 Å². The first kappa shape index (κ1) is 19.4. The number of hydrogen-bond acceptors (Lipinski definition) is 3. The van der Waals surface area contributed by atoms with E-state index in [9.17, 15) is 26.7 Å². The van der Waals surface area contributed by atoms with E-state index < -0.39 is 28.2 Å². The van der Waals surface area contributed by atoms with Gasteiger partial charge in [0.2, 0.25) is 0 Å². The molecule has 0 bridgehead atoms. The quantitative estimate of drug-likeness (QED) is 0.554. The Morgan fingerprint density at radius 2 is 1.88 bits per heavy atom. The Bertz CT molecular complexity index is 827.